The van der Waals surface area contributed by atoms with Crippen LogP contribution in [0.1, 0.15) is 12.8 Å². The van der Waals surface area contributed by atoms with E-state index in [1.54, 1.807) is 24.5 Å². The molecule has 0 aliphatic heterocycles. The van der Waals surface area contributed by atoms with Crippen molar-refractivity contribution in [1.29, 1.82) is 5.41 Å². The molecule has 0 radical (unpaired) electrons. The highest BCUT2D eigenvalue weighted by molar-refractivity contribution is 5.75. The molecular formula is C11H18N5O2+. The summed E-state index contributed by atoms with van der Waals surface area (Å²) in [6.45, 7) is 0.509. The van der Waals surface area contributed by atoms with Crippen molar-refractivity contribution in [3.63, 3.8) is 0 Å². The Morgan fingerprint density at radius 2 is 2.06 bits per heavy atom. The standard InChI is InChI=1S/C11H18N5O2/c12-9(5-4-6-15-11(13)14)10(17)18-16-7-2-1-3-8-16/h1-3,7-9H,4-6,12H2,(H4,13,14,15)/q+1/t9-/m0/s1. The highest BCUT2D eigenvalue weighted by Crippen LogP contribution is 1.93. The molecule has 0 aliphatic rings. The van der Waals surface area contributed by atoms with Gasteiger partial charge in [-0.05, 0) is 12.8 Å². The molecule has 18 heavy (non-hydrogen) atoms. The van der Waals surface area contributed by atoms with Gasteiger partial charge in [0.2, 0.25) is 12.4 Å². The molecule has 0 saturated carbocycles. The van der Waals surface area contributed by atoms with Crippen LogP contribution < -0.4 is 26.4 Å². The Morgan fingerprint density at radius 3 is 2.67 bits per heavy atom. The number of nitrogens with zero attached hydrogens (tertiary/aromatic N) is 1. The van der Waals surface area contributed by atoms with Gasteiger partial charge in [0.05, 0.1) is 0 Å². The fourth-order valence-corrected chi connectivity index (χ4v) is 1.28. The first kappa shape index (κ1) is 13.9. The second-order valence-electron chi connectivity index (χ2n) is 3.73. The number of carbonyl (C=O) groups is 1. The zero-order valence-corrected chi connectivity index (χ0v) is 10.0. The van der Waals surface area contributed by atoms with Crippen molar-refractivity contribution in [2.75, 3.05) is 6.54 Å². The van der Waals surface area contributed by atoms with Crippen LogP contribution in [0.4, 0.5) is 0 Å². The second-order valence-corrected chi connectivity index (χ2v) is 3.73. The smallest absolute Gasteiger partial charge is 0.370 e. The summed E-state index contributed by atoms with van der Waals surface area (Å²) in [4.78, 5) is 16.6. The third-order valence-corrected chi connectivity index (χ3v) is 2.19. The molecule has 0 fully saturated rings. The number of guanidine groups is 1. The minimum absolute atomic E-state index is 0.0917. The van der Waals surface area contributed by atoms with Crippen LogP contribution in [0.15, 0.2) is 30.6 Å². The van der Waals surface area contributed by atoms with Crippen LogP contribution >= 0.6 is 0 Å². The third-order valence-electron chi connectivity index (χ3n) is 2.19. The Labute approximate surface area is 105 Å². The van der Waals surface area contributed by atoms with Gasteiger partial charge in [-0.2, -0.15) is 4.84 Å². The maximum Gasteiger partial charge on any atom is 0.396 e. The number of rotatable bonds is 6. The maximum absolute atomic E-state index is 11.6. The lowest BCUT2D eigenvalue weighted by Crippen LogP contribution is -2.50. The molecular weight excluding hydrogens is 234 g/mol. The molecule has 1 atom stereocenters. The molecule has 1 heterocycles. The van der Waals surface area contributed by atoms with Gasteiger partial charge in [-0.15, -0.1) is 0 Å². The van der Waals surface area contributed by atoms with E-state index in [2.05, 4.69) is 5.32 Å². The van der Waals surface area contributed by atoms with Crippen molar-refractivity contribution in [3.8, 4) is 0 Å². The summed E-state index contributed by atoms with van der Waals surface area (Å²) in [5, 5.41) is 9.59. The lowest BCUT2D eigenvalue weighted by Gasteiger charge is -2.07. The highest BCUT2D eigenvalue weighted by atomic mass is 16.7. The number of nitrogens with one attached hydrogen (secondary N) is 2. The first-order chi connectivity index (χ1) is 8.59. The summed E-state index contributed by atoms with van der Waals surface area (Å²) in [6, 6.07) is 4.62. The largest absolute Gasteiger partial charge is 0.396 e. The average Bonchev–Trinajstić information content (AvgIpc) is 2.35. The fourth-order valence-electron chi connectivity index (χ4n) is 1.28. The Hall–Kier alpha value is -2.15. The van der Waals surface area contributed by atoms with Crippen molar-refractivity contribution in [2.24, 2.45) is 11.5 Å². The molecule has 0 amide bonds. The normalized spacial score (nSPS) is 11.6. The molecule has 1 rings (SSSR count). The van der Waals surface area contributed by atoms with E-state index in [0.717, 1.165) is 0 Å². The van der Waals surface area contributed by atoms with E-state index in [0.29, 0.717) is 19.4 Å². The van der Waals surface area contributed by atoms with Crippen LogP contribution in [0.5, 0.6) is 0 Å². The molecule has 0 aromatic carbocycles. The van der Waals surface area contributed by atoms with Gasteiger partial charge in [-0.1, -0.05) is 6.07 Å². The number of nitrogens with two attached hydrogens (primary N) is 2. The van der Waals surface area contributed by atoms with Crippen molar-refractivity contribution >= 4 is 11.9 Å². The maximum atomic E-state index is 11.6. The Kier molecular flexibility index (Phi) is 5.59. The molecule has 1 aromatic heterocycles. The molecule has 0 aliphatic carbocycles. The van der Waals surface area contributed by atoms with E-state index in [1.807, 2.05) is 6.07 Å². The molecule has 7 nitrogen and oxygen atoms in total. The van der Waals surface area contributed by atoms with Crippen molar-refractivity contribution in [3.05, 3.63) is 30.6 Å². The van der Waals surface area contributed by atoms with Crippen molar-refractivity contribution < 1.29 is 14.4 Å². The van der Waals surface area contributed by atoms with E-state index in [4.69, 9.17) is 21.7 Å². The van der Waals surface area contributed by atoms with Gasteiger partial charge >= 0.3 is 5.97 Å². The topological polar surface area (TPSA) is 118 Å². The fraction of sp³-hybridized carbons (Fsp3) is 0.364. The van der Waals surface area contributed by atoms with E-state index >= 15 is 0 Å². The summed E-state index contributed by atoms with van der Waals surface area (Å²) in [7, 11) is 0. The second kappa shape index (κ2) is 7.23. The highest BCUT2D eigenvalue weighted by Gasteiger charge is 2.19. The summed E-state index contributed by atoms with van der Waals surface area (Å²) < 4.78 is 1.30. The van der Waals surface area contributed by atoms with Crippen molar-refractivity contribution in [1.82, 2.24) is 5.32 Å². The molecule has 0 spiro atoms. The predicted molar refractivity (Wildman–Crippen MR) is 65.4 cm³/mol. The first-order valence-corrected chi connectivity index (χ1v) is 5.61. The lowest BCUT2D eigenvalue weighted by molar-refractivity contribution is -0.869. The summed E-state index contributed by atoms with van der Waals surface area (Å²) in [5.74, 6) is -0.583. The van der Waals surface area contributed by atoms with Gasteiger partial charge in [0.15, 0.2) is 5.96 Å². The minimum atomic E-state index is -0.688. The number of pyridine rings is 1. The number of hydrogen-bond donors (Lipinski definition) is 4. The summed E-state index contributed by atoms with van der Waals surface area (Å²) >= 11 is 0. The number of carbonyl (C=O) groups excluding carboxylic acids is 1. The molecule has 0 saturated heterocycles. The molecule has 98 valence electrons. The molecule has 7 heteroatoms. The summed E-state index contributed by atoms with van der Waals surface area (Å²) in [6.07, 6.45) is 4.33. The minimum Gasteiger partial charge on any atom is -0.370 e. The average molecular weight is 252 g/mol. The Morgan fingerprint density at radius 1 is 1.39 bits per heavy atom. The van der Waals surface area contributed by atoms with Gasteiger partial charge in [0, 0.05) is 23.4 Å². The van der Waals surface area contributed by atoms with E-state index in [9.17, 15) is 4.79 Å². The van der Waals surface area contributed by atoms with E-state index in [1.165, 1.54) is 4.73 Å². The third kappa shape index (κ3) is 5.26. The van der Waals surface area contributed by atoms with Crippen LogP contribution in [0.2, 0.25) is 0 Å². The quantitative estimate of drug-likeness (QED) is 0.213. The van der Waals surface area contributed by atoms with Gasteiger partial charge in [-0.3, -0.25) is 5.41 Å². The Bertz CT molecular complexity index is 396. The molecule has 6 N–H and O–H groups in total. The first-order valence-electron chi connectivity index (χ1n) is 5.61. The van der Waals surface area contributed by atoms with Crippen LogP contribution in [-0.4, -0.2) is 24.5 Å². The van der Waals surface area contributed by atoms with Crippen molar-refractivity contribution in [2.45, 2.75) is 18.9 Å². The van der Waals surface area contributed by atoms with E-state index < -0.39 is 12.0 Å². The van der Waals surface area contributed by atoms with Gasteiger partial charge in [-0.25, -0.2) is 4.79 Å². The van der Waals surface area contributed by atoms with Gasteiger partial charge in [0.1, 0.15) is 6.04 Å². The van der Waals surface area contributed by atoms with Crippen LogP contribution in [0.25, 0.3) is 0 Å². The predicted octanol–water partition coefficient (Wildman–Crippen LogP) is -1.48. The zero-order chi connectivity index (χ0) is 13.4. The lowest BCUT2D eigenvalue weighted by atomic mass is 10.2. The summed E-state index contributed by atoms with van der Waals surface area (Å²) in [5.41, 5.74) is 10.8. The van der Waals surface area contributed by atoms with E-state index in [-0.39, 0.29) is 5.96 Å². The number of hydrogen-bond acceptors (Lipinski definition) is 4. The Balaban J connectivity index is 2.27. The molecule has 0 bridgehead atoms. The SMILES string of the molecule is N=C(N)NCCC[C@H](N)C(=O)O[n+]1ccccc1. The zero-order valence-electron chi connectivity index (χ0n) is 10.0. The monoisotopic (exact) mass is 252 g/mol. The van der Waals surface area contributed by atoms with Gasteiger partial charge < -0.3 is 16.8 Å². The van der Waals surface area contributed by atoms with Gasteiger partial charge in [0.25, 0.3) is 0 Å². The number of aromatic nitrogens is 1. The van der Waals surface area contributed by atoms with Crippen LogP contribution in [-0.2, 0) is 4.79 Å². The molecule has 1 aromatic rings. The van der Waals surface area contributed by atoms with Crippen LogP contribution in [0, 0.1) is 5.41 Å². The molecule has 0 unspecified atom stereocenters. The van der Waals surface area contributed by atoms with Crippen LogP contribution in [0.3, 0.4) is 0 Å².